The fourth-order valence-electron chi connectivity index (χ4n) is 3.81. The van der Waals surface area contributed by atoms with Crippen LogP contribution in [-0.4, -0.2) is 23.4 Å². The van der Waals surface area contributed by atoms with Gasteiger partial charge in [-0.15, -0.1) is 13.2 Å². The number of nitrogens with zero attached hydrogens (tertiary/aromatic N) is 2. The van der Waals surface area contributed by atoms with Gasteiger partial charge in [0.2, 0.25) is 0 Å². The Labute approximate surface area is 164 Å². The smallest absolute Gasteiger partial charge is 0.406 e. The fourth-order valence-corrected chi connectivity index (χ4v) is 3.81. The van der Waals surface area contributed by atoms with Gasteiger partial charge < -0.3 is 14.6 Å². The van der Waals surface area contributed by atoms with Crippen molar-refractivity contribution in [1.82, 2.24) is 9.88 Å². The van der Waals surface area contributed by atoms with E-state index in [0.717, 1.165) is 22.9 Å². The second kappa shape index (κ2) is 6.85. The summed E-state index contributed by atoms with van der Waals surface area (Å²) < 4.78 is 43.2. The molecule has 4 rings (SSSR count). The first kappa shape index (κ1) is 18.9. The summed E-state index contributed by atoms with van der Waals surface area (Å²) in [4.78, 5) is 12.6. The van der Waals surface area contributed by atoms with Crippen LogP contribution in [0.15, 0.2) is 36.4 Å². The van der Waals surface area contributed by atoms with Crippen LogP contribution in [0.3, 0.4) is 0 Å². The van der Waals surface area contributed by atoms with Crippen LogP contribution >= 0.6 is 0 Å². The van der Waals surface area contributed by atoms with Crippen LogP contribution in [0.4, 0.5) is 13.2 Å². The minimum Gasteiger partial charge on any atom is -0.406 e. The van der Waals surface area contributed by atoms with E-state index in [1.165, 1.54) is 24.3 Å². The summed E-state index contributed by atoms with van der Waals surface area (Å²) in [6, 6.07) is 11.1. The second-order valence-corrected chi connectivity index (χ2v) is 6.84. The van der Waals surface area contributed by atoms with Gasteiger partial charge in [0.25, 0.3) is 5.91 Å². The van der Waals surface area contributed by atoms with E-state index >= 15 is 0 Å². The number of amides is 1. The minimum atomic E-state index is -4.77. The highest BCUT2D eigenvalue weighted by Crippen LogP contribution is 2.37. The average Bonchev–Trinajstić information content (AvgIpc) is 2.82. The monoisotopic (exact) mass is 399 g/mol. The molecular weight excluding hydrogens is 383 g/mol. The van der Waals surface area contributed by atoms with Gasteiger partial charge in [-0.3, -0.25) is 4.79 Å². The molecule has 3 aromatic rings. The number of hydrogen-bond donors (Lipinski definition) is 1. The predicted octanol–water partition coefficient (Wildman–Crippen LogP) is 4.52. The normalized spacial score (nSPS) is 14.1. The number of halogens is 3. The predicted molar refractivity (Wildman–Crippen MR) is 100 cm³/mol. The Morgan fingerprint density at radius 1 is 1.21 bits per heavy atom. The number of alkyl halides is 3. The molecule has 0 unspecified atom stereocenters. The molecule has 0 fully saturated rings. The van der Waals surface area contributed by atoms with Crippen molar-refractivity contribution < 1.29 is 22.7 Å². The summed E-state index contributed by atoms with van der Waals surface area (Å²) in [5.74, 6) is -0.493. The molecule has 0 aliphatic carbocycles. The molecule has 29 heavy (non-hydrogen) atoms. The lowest BCUT2D eigenvalue weighted by Gasteiger charge is -2.12. The Hall–Kier alpha value is -3.47. The Kier molecular flexibility index (Phi) is 4.46. The van der Waals surface area contributed by atoms with Crippen LogP contribution in [0.2, 0.25) is 0 Å². The number of rotatable bonds is 2. The van der Waals surface area contributed by atoms with Crippen molar-refractivity contribution in [2.24, 2.45) is 0 Å². The van der Waals surface area contributed by atoms with E-state index in [1.807, 2.05) is 11.5 Å². The van der Waals surface area contributed by atoms with E-state index < -0.39 is 6.36 Å². The zero-order chi connectivity index (χ0) is 20.8. The number of fused-ring (bicyclic) bond motifs is 3. The molecular formula is C21H16F3N3O2. The van der Waals surface area contributed by atoms with Gasteiger partial charge in [0.05, 0.1) is 17.1 Å². The maximum Gasteiger partial charge on any atom is 0.573 e. The Bertz CT molecular complexity index is 1160. The Morgan fingerprint density at radius 3 is 2.59 bits per heavy atom. The molecule has 2 heterocycles. The standard InChI is InChI=1S/C21H16F3N3O2/c1-12-16-9-13(11-25)10-17(14-3-5-15(6-4-14)29-21(22,23)24)19(16)27-8-2-7-26-20(28)18(12)27/h3-6,9-10H,2,7-8H2,1H3,(H,26,28). The molecule has 0 spiro atoms. The van der Waals surface area contributed by atoms with Crippen LogP contribution in [0, 0.1) is 18.3 Å². The third-order valence-corrected chi connectivity index (χ3v) is 5.00. The number of hydrogen-bond acceptors (Lipinski definition) is 3. The summed E-state index contributed by atoms with van der Waals surface area (Å²) in [6.45, 7) is 3.02. The molecule has 1 aliphatic rings. The van der Waals surface area contributed by atoms with Gasteiger partial charge in [-0.05, 0) is 48.7 Å². The maximum atomic E-state index is 12.6. The Balaban J connectivity index is 1.93. The van der Waals surface area contributed by atoms with Gasteiger partial charge >= 0.3 is 6.36 Å². The highest BCUT2D eigenvalue weighted by atomic mass is 19.4. The molecule has 2 aromatic carbocycles. The highest BCUT2D eigenvalue weighted by Gasteiger charge is 2.31. The number of benzene rings is 2. The third-order valence-electron chi connectivity index (χ3n) is 5.00. The molecule has 5 nitrogen and oxygen atoms in total. The SMILES string of the molecule is Cc1c2n(c3c(-c4ccc(OC(F)(F)F)cc4)cc(C#N)cc13)CCCNC2=O. The summed E-state index contributed by atoms with van der Waals surface area (Å²) in [5.41, 5.74) is 3.83. The highest BCUT2D eigenvalue weighted by molar-refractivity contribution is 6.06. The molecule has 0 atom stereocenters. The first-order valence-corrected chi connectivity index (χ1v) is 9.00. The molecule has 0 bridgehead atoms. The first-order valence-electron chi connectivity index (χ1n) is 9.00. The summed E-state index contributed by atoms with van der Waals surface area (Å²) in [7, 11) is 0. The van der Waals surface area contributed by atoms with E-state index in [9.17, 15) is 23.2 Å². The number of nitriles is 1. The Morgan fingerprint density at radius 2 is 1.93 bits per heavy atom. The molecule has 1 N–H and O–H groups in total. The fraction of sp³-hybridized carbons (Fsp3) is 0.238. The van der Waals surface area contributed by atoms with Crippen molar-refractivity contribution in [2.45, 2.75) is 26.3 Å². The number of ether oxygens (including phenoxy) is 1. The maximum absolute atomic E-state index is 12.6. The number of carbonyl (C=O) groups excluding carboxylic acids is 1. The van der Waals surface area contributed by atoms with Crippen LogP contribution < -0.4 is 10.1 Å². The lowest BCUT2D eigenvalue weighted by molar-refractivity contribution is -0.274. The minimum absolute atomic E-state index is 0.172. The second-order valence-electron chi connectivity index (χ2n) is 6.84. The largest absolute Gasteiger partial charge is 0.573 e. The zero-order valence-corrected chi connectivity index (χ0v) is 15.4. The van der Waals surface area contributed by atoms with Crippen LogP contribution in [0.1, 0.15) is 28.0 Å². The topological polar surface area (TPSA) is 67.1 Å². The van der Waals surface area contributed by atoms with Gasteiger partial charge in [-0.2, -0.15) is 5.26 Å². The van der Waals surface area contributed by atoms with Crippen molar-refractivity contribution >= 4 is 16.8 Å². The van der Waals surface area contributed by atoms with E-state index in [0.29, 0.717) is 35.5 Å². The summed E-state index contributed by atoms with van der Waals surface area (Å²) in [5, 5.41) is 13.1. The van der Waals surface area contributed by atoms with Crippen molar-refractivity contribution in [3.05, 3.63) is 53.2 Å². The molecule has 0 saturated heterocycles. The van der Waals surface area contributed by atoms with Gasteiger partial charge in [-0.1, -0.05) is 12.1 Å². The van der Waals surface area contributed by atoms with Gasteiger partial charge in [-0.25, -0.2) is 0 Å². The molecule has 1 aromatic heterocycles. The van der Waals surface area contributed by atoms with E-state index in [-0.39, 0.29) is 11.7 Å². The molecule has 1 aliphatic heterocycles. The third kappa shape index (κ3) is 3.40. The number of carbonyl (C=O) groups is 1. The lowest BCUT2D eigenvalue weighted by Crippen LogP contribution is -2.23. The van der Waals surface area contributed by atoms with Gasteiger partial charge in [0.15, 0.2) is 0 Å². The van der Waals surface area contributed by atoms with E-state index in [1.54, 1.807) is 12.1 Å². The van der Waals surface area contributed by atoms with E-state index in [4.69, 9.17) is 0 Å². The van der Waals surface area contributed by atoms with Crippen LogP contribution in [0.5, 0.6) is 5.75 Å². The number of aryl methyl sites for hydroxylation is 2. The lowest BCUT2D eigenvalue weighted by atomic mass is 9.98. The van der Waals surface area contributed by atoms with Crippen LogP contribution in [0.25, 0.3) is 22.0 Å². The number of aromatic nitrogens is 1. The number of nitrogens with one attached hydrogen (secondary N) is 1. The van der Waals surface area contributed by atoms with Crippen molar-refractivity contribution in [1.29, 1.82) is 5.26 Å². The summed E-state index contributed by atoms with van der Waals surface area (Å²) in [6.07, 6.45) is -4.02. The van der Waals surface area contributed by atoms with Crippen molar-refractivity contribution in [2.75, 3.05) is 6.54 Å². The zero-order valence-electron chi connectivity index (χ0n) is 15.4. The average molecular weight is 399 g/mol. The molecule has 0 saturated carbocycles. The van der Waals surface area contributed by atoms with E-state index in [2.05, 4.69) is 16.1 Å². The summed E-state index contributed by atoms with van der Waals surface area (Å²) >= 11 is 0. The quantitative estimate of drug-likeness (QED) is 0.689. The van der Waals surface area contributed by atoms with Crippen molar-refractivity contribution in [3.8, 4) is 22.9 Å². The molecule has 0 radical (unpaired) electrons. The van der Waals surface area contributed by atoms with Crippen molar-refractivity contribution in [3.63, 3.8) is 0 Å². The van der Waals surface area contributed by atoms with Gasteiger partial charge in [0.1, 0.15) is 11.4 Å². The van der Waals surface area contributed by atoms with Gasteiger partial charge in [0, 0.05) is 24.0 Å². The molecule has 1 amide bonds. The molecule has 8 heteroatoms. The first-order chi connectivity index (χ1) is 13.8. The van der Waals surface area contributed by atoms with Crippen LogP contribution in [-0.2, 0) is 6.54 Å². The molecule has 148 valence electrons.